The van der Waals surface area contributed by atoms with Crippen molar-refractivity contribution in [2.75, 3.05) is 0 Å². The highest BCUT2D eigenvalue weighted by atomic mass is 17.3. The van der Waals surface area contributed by atoms with Crippen LogP contribution in [0.25, 0.3) is 0 Å². The van der Waals surface area contributed by atoms with Crippen molar-refractivity contribution in [2.45, 2.75) is 143 Å². The summed E-state index contributed by atoms with van der Waals surface area (Å²) < 4.78 is 0. The van der Waals surface area contributed by atoms with Gasteiger partial charge in [-0.05, 0) is 53.4 Å². The molecule has 1 saturated carbocycles. The maximum Gasteiger partial charge on any atom is 0.236 e. The highest BCUT2D eigenvalue weighted by Crippen LogP contribution is 2.40. The molecule has 0 heterocycles. The molecule has 1 atom stereocenters. The summed E-state index contributed by atoms with van der Waals surface area (Å²) in [4.78, 5) is 24.0. The minimum Gasteiger partial charge on any atom is -0.228 e. The zero-order valence-corrected chi connectivity index (χ0v) is 19.2. The van der Waals surface area contributed by atoms with Gasteiger partial charge in [-0.25, -0.2) is 9.78 Å². The molecule has 0 spiro atoms. The maximum absolute atomic E-state index is 6.05. The van der Waals surface area contributed by atoms with Gasteiger partial charge in [0.15, 0.2) is 0 Å². The molecule has 0 aromatic carbocycles. The van der Waals surface area contributed by atoms with Crippen molar-refractivity contribution in [3.05, 3.63) is 0 Å². The fourth-order valence-corrected chi connectivity index (χ4v) is 3.60. The molecule has 1 aliphatic rings. The van der Waals surface area contributed by atoms with Crippen molar-refractivity contribution in [2.24, 2.45) is 5.92 Å². The molecule has 0 aliphatic heterocycles. The summed E-state index contributed by atoms with van der Waals surface area (Å²) in [7, 11) is 0. The van der Waals surface area contributed by atoms with Crippen molar-refractivity contribution < 1.29 is 19.6 Å². The molecular weight excluding hydrogens is 340 g/mol. The smallest absolute Gasteiger partial charge is 0.228 e. The molecular formula is C23H46O4. The van der Waals surface area contributed by atoms with Gasteiger partial charge >= 0.3 is 0 Å². The first-order chi connectivity index (χ1) is 12.7. The Hall–Kier alpha value is -0.160. The molecule has 162 valence electrons. The Bertz CT molecular complexity index is 366. The molecule has 27 heavy (non-hydrogen) atoms. The number of hydrogen-bond acceptors (Lipinski definition) is 4. The van der Waals surface area contributed by atoms with E-state index in [-0.39, 0.29) is 17.1 Å². The SMILES string of the molecule is CCCCCC(C)(C)OOC1(OOC(C)(C)CCCCC)CCCCC1C. The van der Waals surface area contributed by atoms with E-state index >= 15 is 0 Å². The molecule has 0 amide bonds. The second-order valence-corrected chi connectivity index (χ2v) is 9.73. The van der Waals surface area contributed by atoms with Crippen molar-refractivity contribution in [1.29, 1.82) is 0 Å². The molecule has 4 nitrogen and oxygen atoms in total. The first kappa shape index (κ1) is 24.9. The lowest BCUT2D eigenvalue weighted by molar-refractivity contribution is -0.557. The summed E-state index contributed by atoms with van der Waals surface area (Å²) in [5.74, 6) is -0.563. The second-order valence-electron chi connectivity index (χ2n) is 9.73. The van der Waals surface area contributed by atoms with Crippen LogP contribution >= 0.6 is 0 Å². The van der Waals surface area contributed by atoms with Crippen LogP contribution in [0.5, 0.6) is 0 Å². The summed E-state index contributed by atoms with van der Waals surface area (Å²) in [5, 5.41) is 0. The molecule has 1 fully saturated rings. The van der Waals surface area contributed by atoms with Gasteiger partial charge in [0.05, 0.1) is 11.2 Å². The van der Waals surface area contributed by atoms with Gasteiger partial charge in [0.1, 0.15) is 0 Å². The highest BCUT2D eigenvalue weighted by Gasteiger charge is 2.46. The third-order valence-corrected chi connectivity index (χ3v) is 5.74. The van der Waals surface area contributed by atoms with Crippen molar-refractivity contribution in [3.63, 3.8) is 0 Å². The maximum atomic E-state index is 6.05. The lowest BCUT2D eigenvalue weighted by atomic mass is 9.85. The normalized spacial score (nSPS) is 20.8. The van der Waals surface area contributed by atoms with Crippen LogP contribution in [0.15, 0.2) is 0 Å². The van der Waals surface area contributed by atoms with Crippen LogP contribution in [0.3, 0.4) is 0 Å². The Morgan fingerprint density at radius 3 is 1.67 bits per heavy atom. The van der Waals surface area contributed by atoms with E-state index in [1.54, 1.807) is 0 Å². The van der Waals surface area contributed by atoms with Gasteiger partial charge in [0, 0.05) is 12.3 Å². The van der Waals surface area contributed by atoms with E-state index in [0.717, 1.165) is 44.9 Å². The lowest BCUT2D eigenvalue weighted by Gasteiger charge is -2.42. The van der Waals surface area contributed by atoms with E-state index in [9.17, 15) is 0 Å². The molecule has 0 N–H and O–H groups in total. The average molecular weight is 387 g/mol. The summed E-state index contributed by atoms with van der Waals surface area (Å²) >= 11 is 0. The molecule has 0 saturated heterocycles. The molecule has 1 aliphatic carbocycles. The number of unbranched alkanes of at least 4 members (excludes halogenated alkanes) is 4. The quantitative estimate of drug-likeness (QED) is 0.134. The van der Waals surface area contributed by atoms with Crippen LogP contribution < -0.4 is 0 Å². The first-order valence-corrected chi connectivity index (χ1v) is 11.4. The number of rotatable bonds is 14. The molecule has 0 radical (unpaired) electrons. The molecule has 0 aromatic rings. The Kier molecular flexibility index (Phi) is 10.8. The van der Waals surface area contributed by atoms with Crippen LogP contribution in [0, 0.1) is 5.92 Å². The zero-order valence-electron chi connectivity index (χ0n) is 19.2. The van der Waals surface area contributed by atoms with Gasteiger partial charge in [-0.3, -0.25) is 0 Å². The van der Waals surface area contributed by atoms with Gasteiger partial charge in [-0.1, -0.05) is 65.7 Å². The van der Waals surface area contributed by atoms with Gasteiger partial charge < -0.3 is 0 Å². The van der Waals surface area contributed by atoms with Gasteiger partial charge in [0.25, 0.3) is 0 Å². The van der Waals surface area contributed by atoms with Gasteiger partial charge in [-0.15, -0.1) is 0 Å². The Morgan fingerprint density at radius 2 is 1.26 bits per heavy atom. The zero-order chi connectivity index (χ0) is 20.4. The summed E-state index contributed by atoms with van der Waals surface area (Å²) in [6.45, 7) is 15.0. The summed E-state index contributed by atoms with van der Waals surface area (Å²) in [5.41, 5.74) is -0.640. The molecule has 1 rings (SSSR count). The summed E-state index contributed by atoms with van der Waals surface area (Å²) in [6, 6.07) is 0. The van der Waals surface area contributed by atoms with Crippen LogP contribution in [-0.2, 0) is 19.6 Å². The minimum atomic E-state index is -0.803. The van der Waals surface area contributed by atoms with E-state index in [2.05, 4.69) is 48.5 Å². The predicted molar refractivity (Wildman–Crippen MR) is 111 cm³/mol. The van der Waals surface area contributed by atoms with Gasteiger partial charge in [-0.2, -0.15) is 9.78 Å². The van der Waals surface area contributed by atoms with Crippen LogP contribution in [0.4, 0.5) is 0 Å². The molecule has 0 aromatic heterocycles. The standard InChI is InChI=1S/C23H46O4/c1-8-10-13-17-21(4,5)24-26-23(19-15-12-16-20(23)3)27-25-22(6,7)18-14-11-9-2/h20H,8-19H2,1-7H3. The van der Waals surface area contributed by atoms with Gasteiger partial charge in [0.2, 0.25) is 5.79 Å². The number of hydrogen-bond donors (Lipinski definition) is 0. The molecule has 1 unspecified atom stereocenters. The van der Waals surface area contributed by atoms with Crippen molar-refractivity contribution in [1.82, 2.24) is 0 Å². The molecule has 4 heteroatoms. The lowest BCUT2D eigenvalue weighted by Crippen LogP contribution is -2.48. The van der Waals surface area contributed by atoms with E-state index < -0.39 is 5.79 Å². The fourth-order valence-electron chi connectivity index (χ4n) is 3.60. The molecule has 0 bridgehead atoms. The van der Waals surface area contributed by atoms with Crippen LogP contribution in [0.1, 0.15) is 126 Å². The fraction of sp³-hybridized carbons (Fsp3) is 1.00. The highest BCUT2D eigenvalue weighted by molar-refractivity contribution is 4.81. The predicted octanol–water partition coefficient (Wildman–Crippen LogP) is 7.51. The summed E-state index contributed by atoms with van der Waals surface area (Å²) in [6.07, 6.45) is 13.3. The second kappa shape index (κ2) is 11.7. The Morgan fingerprint density at radius 1 is 0.778 bits per heavy atom. The minimum absolute atomic E-state index is 0.240. The largest absolute Gasteiger partial charge is 0.236 e. The first-order valence-electron chi connectivity index (χ1n) is 11.4. The topological polar surface area (TPSA) is 36.9 Å². The van der Waals surface area contributed by atoms with Crippen molar-refractivity contribution in [3.8, 4) is 0 Å². The van der Waals surface area contributed by atoms with Crippen molar-refractivity contribution >= 4 is 0 Å². The Labute approximate surface area is 168 Å². The third-order valence-electron chi connectivity index (χ3n) is 5.74. The van der Waals surface area contributed by atoms with E-state index in [1.807, 2.05) is 0 Å². The van der Waals surface area contributed by atoms with E-state index in [4.69, 9.17) is 19.6 Å². The van der Waals surface area contributed by atoms with E-state index in [0.29, 0.717) is 0 Å². The monoisotopic (exact) mass is 386 g/mol. The average Bonchev–Trinajstić information content (AvgIpc) is 2.61. The van der Waals surface area contributed by atoms with Crippen LogP contribution in [0.2, 0.25) is 0 Å². The van der Waals surface area contributed by atoms with Crippen LogP contribution in [-0.4, -0.2) is 17.0 Å². The third kappa shape index (κ3) is 9.25. The Balaban J connectivity index is 2.66. The van der Waals surface area contributed by atoms with E-state index in [1.165, 1.54) is 32.1 Å².